The van der Waals surface area contributed by atoms with E-state index in [-0.39, 0.29) is 24.8 Å². The number of ether oxygens (including phenoxy) is 3. The zero-order valence-electron chi connectivity index (χ0n) is 24.9. The third-order valence-electron chi connectivity index (χ3n) is 7.56. The molecule has 9 nitrogen and oxygen atoms in total. The van der Waals surface area contributed by atoms with E-state index < -0.39 is 11.7 Å². The van der Waals surface area contributed by atoms with Gasteiger partial charge in [-0.1, -0.05) is 30.3 Å². The number of nitrogens with one attached hydrogen (secondary N) is 2. The number of hydrogen-bond acceptors (Lipinski definition) is 6. The molecule has 1 aromatic carbocycles. The molecule has 1 aliphatic heterocycles. The van der Waals surface area contributed by atoms with Crippen LogP contribution in [0, 0.1) is 0 Å². The highest BCUT2D eigenvalue weighted by atomic mass is 16.7. The van der Waals surface area contributed by atoms with Crippen molar-refractivity contribution in [2.75, 3.05) is 19.8 Å². The first kappa shape index (κ1) is 29.8. The predicted octanol–water partition coefficient (Wildman–Crippen LogP) is 5.06. The highest BCUT2D eigenvalue weighted by Crippen LogP contribution is 2.36. The molecule has 9 heteroatoms. The molecule has 2 amide bonds. The Kier molecular flexibility index (Phi) is 9.59. The molecule has 0 spiro atoms. The number of aryl methyl sites for hydroxylation is 1. The smallest absolute Gasteiger partial charge is 0.407 e. The maximum absolute atomic E-state index is 13.9. The van der Waals surface area contributed by atoms with E-state index in [2.05, 4.69) is 20.2 Å². The van der Waals surface area contributed by atoms with Gasteiger partial charge in [-0.15, -0.1) is 0 Å². The highest BCUT2D eigenvalue weighted by Gasteiger charge is 2.28. The van der Waals surface area contributed by atoms with Gasteiger partial charge in [0.2, 0.25) is 0 Å². The summed E-state index contributed by atoms with van der Waals surface area (Å²) >= 11 is 0. The molecule has 42 heavy (non-hydrogen) atoms. The van der Waals surface area contributed by atoms with Gasteiger partial charge in [0.05, 0.1) is 23.9 Å². The molecular formula is C33H42N4O5. The van der Waals surface area contributed by atoms with E-state index in [0.29, 0.717) is 25.1 Å². The Hall–Kier alpha value is -3.69. The van der Waals surface area contributed by atoms with Gasteiger partial charge < -0.3 is 29.4 Å². The summed E-state index contributed by atoms with van der Waals surface area (Å²) in [6, 6.07) is 11.6. The maximum Gasteiger partial charge on any atom is 0.407 e. The molecule has 2 N–H and O–H groups in total. The molecule has 2 aromatic heterocycles. The molecule has 3 aromatic rings. The highest BCUT2D eigenvalue weighted by molar-refractivity contribution is 5.98. The monoisotopic (exact) mass is 574 g/mol. The van der Waals surface area contributed by atoms with Crippen molar-refractivity contribution in [1.29, 1.82) is 0 Å². The van der Waals surface area contributed by atoms with Crippen LogP contribution in [0.1, 0.15) is 67.1 Å². The van der Waals surface area contributed by atoms with Crippen molar-refractivity contribution in [1.82, 2.24) is 20.2 Å². The van der Waals surface area contributed by atoms with Crippen LogP contribution in [0.25, 0.3) is 11.3 Å². The third-order valence-corrected chi connectivity index (χ3v) is 7.56. The average Bonchev–Trinajstić information content (AvgIpc) is 3.35. The summed E-state index contributed by atoms with van der Waals surface area (Å²) in [5.74, 6) is -0.161. The lowest BCUT2D eigenvalue weighted by Gasteiger charge is -2.24. The minimum absolute atomic E-state index is 0.161. The van der Waals surface area contributed by atoms with Gasteiger partial charge in [0.25, 0.3) is 5.91 Å². The largest absolute Gasteiger partial charge is 0.444 e. The minimum atomic E-state index is -0.608. The van der Waals surface area contributed by atoms with Crippen molar-refractivity contribution >= 4 is 12.0 Å². The summed E-state index contributed by atoms with van der Waals surface area (Å²) in [4.78, 5) is 30.7. The zero-order valence-corrected chi connectivity index (χ0v) is 24.9. The molecule has 2 aliphatic rings. The van der Waals surface area contributed by atoms with Crippen LogP contribution in [0.4, 0.5) is 4.79 Å². The average molecular weight is 575 g/mol. The lowest BCUT2D eigenvalue weighted by Crippen LogP contribution is -2.46. The van der Waals surface area contributed by atoms with Crippen molar-refractivity contribution in [3.63, 3.8) is 0 Å². The Labute approximate surface area is 248 Å². The van der Waals surface area contributed by atoms with Gasteiger partial charge in [0.15, 0.2) is 6.29 Å². The first-order valence-electron chi connectivity index (χ1n) is 15.0. The van der Waals surface area contributed by atoms with E-state index >= 15 is 0 Å². The van der Waals surface area contributed by atoms with Crippen molar-refractivity contribution < 1.29 is 23.8 Å². The first-order valence-corrected chi connectivity index (χ1v) is 15.0. The summed E-state index contributed by atoms with van der Waals surface area (Å²) in [5.41, 5.74) is 5.46. The van der Waals surface area contributed by atoms with E-state index in [1.54, 1.807) is 6.20 Å². The van der Waals surface area contributed by atoms with Gasteiger partial charge in [-0.2, -0.15) is 0 Å². The van der Waals surface area contributed by atoms with E-state index in [1.165, 1.54) is 5.56 Å². The Morgan fingerprint density at radius 3 is 2.74 bits per heavy atom. The van der Waals surface area contributed by atoms with Crippen LogP contribution in [-0.2, 0) is 40.0 Å². The van der Waals surface area contributed by atoms with E-state index in [1.807, 2.05) is 69.6 Å². The minimum Gasteiger partial charge on any atom is -0.444 e. The van der Waals surface area contributed by atoms with Crippen LogP contribution in [-0.4, -0.2) is 59.2 Å². The molecule has 3 heterocycles. The Morgan fingerprint density at radius 2 is 1.98 bits per heavy atom. The fourth-order valence-electron chi connectivity index (χ4n) is 5.64. The summed E-state index contributed by atoms with van der Waals surface area (Å²) in [6.45, 7) is 7.54. The Balaban J connectivity index is 1.36. The molecule has 1 saturated heterocycles. The SMILES string of the molecule is CC(C)(C)OC(=O)NC[C@H](Cc1ccccc1)NC(=O)c1cn(CCOC2CCCCO2)c2c1CCc1cnccc1-2. The number of benzene rings is 1. The maximum atomic E-state index is 13.9. The van der Waals surface area contributed by atoms with Crippen molar-refractivity contribution in [3.05, 3.63) is 77.2 Å². The van der Waals surface area contributed by atoms with Gasteiger partial charge in [-0.05, 0) is 82.1 Å². The summed E-state index contributed by atoms with van der Waals surface area (Å²) in [6.07, 6.45) is 10.2. The van der Waals surface area contributed by atoms with Gasteiger partial charge in [0.1, 0.15) is 5.60 Å². The van der Waals surface area contributed by atoms with E-state index in [4.69, 9.17) is 14.2 Å². The van der Waals surface area contributed by atoms with Crippen LogP contribution in [0.3, 0.4) is 0 Å². The summed E-state index contributed by atoms with van der Waals surface area (Å²) in [5, 5.41) is 6.05. The van der Waals surface area contributed by atoms with E-state index in [0.717, 1.165) is 61.1 Å². The number of aromatic nitrogens is 2. The Morgan fingerprint density at radius 1 is 1.14 bits per heavy atom. The van der Waals surface area contributed by atoms with Crippen molar-refractivity contribution in [3.8, 4) is 11.3 Å². The summed E-state index contributed by atoms with van der Waals surface area (Å²) < 4.78 is 19.4. The quantitative estimate of drug-likeness (QED) is 0.351. The number of hydrogen-bond donors (Lipinski definition) is 2. The molecule has 5 rings (SSSR count). The molecule has 0 bridgehead atoms. The normalized spacial score (nSPS) is 17.1. The zero-order chi connectivity index (χ0) is 29.5. The number of pyridine rings is 1. The second-order valence-corrected chi connectivity index (χ2v) is 12.0. The molecule has 1 fully saturated rings. The number of amides is 2. The topological polar surface area (TPSA) is 104 Å². The fraction of sp³-hybridized carbons (Fsp3) is 0.485. The molecule has 224 valence electrons. The molecular weight excluding hydrogens is 532 g/mol. The van der Waals surface area contributed by atoms with Gasteiger partial charge in [0, 0.05) is 43.9 Å². The molecule has 0 radical (unpaired) electrons. The van der Waals surface area contributed by atoms with Crippen molar-refractivity contribution in [2.24, 2.45) is 0 Å². The number of alkyl carbamates (subject to hydrolysis) is 1. The second kappa shape index (κ2) is 13.5. The van der Waals surface area contributed by atoms with Gasteiger partial charge in [-0.3, -0.25) is 9.78 Å². The number of carbonyl (C=O) groups excluding carboxylic acids is 2. The number of carbonyl (C=O) groups is 2. The molecule has 1 unspecified atom stereocenters. The summed E-state index contributed by atoms with van der Waals surface area (Å²) in [7, 11) is 0. The van der Waals surface area contributed by atoms with Crippen LogP contribution in [0.2, 0.25) is 0 Å². The number of rotatable bonds is 10. The van der Waals surface area contributed by atoms with Crippen LogP contribution >= 0.6 is 0 Å². The van der Waals surface area contributed by atoms with E-state index in [9.17, 15) is 9.59 Å². The lowest BCUT2D eigenvalue weighted by molar-refractivity contribution is -0.163. The van der Waals surface area contributed by atoms with Gasteiger partial charge in [-0.25, -0.2) is 4.79 Å². The second-order valence-electron chi connectivity index (χ2n) is 12.0. The molecule has 2 atom stereocenters. The fourth-order valence-corrected chi connectivity index (χ4v) is 5.64. The van der Waals surface area contributed by atoms with Crippen LogP contribution < -0.4 is 10.6 Å². The number of fused-ring (bicyclic) bond motifs is 3. The van der Waals surface area contributed by atoms with Crippen molar-refractivity contribution in [2.45, 2.75) is 83.8 Å². The van der Waals surface area contributed by atoms with Crippen LogP contribution in [0.15, 0.2) is 55.0 Å². The standard InChI is InChI=1S/C33H42N4O5/c1-33(2,3)42-32(39)35-21-25(19-23-9-5-4-6-10-23)36-31(38)28-22-37(16-18-41-29-11-7-8-17-40-29)30-26-14-15-34-20-24(26)12-13-27(28)30/h4-6,9-10,14-15,20,22,25,29H,7-8,11-13,16-19,21H2,1-3H3,(H,35,39)(H,36,38)/t25-,29?/m0/s1. The molecule has 0 saturated carbocycles. The molecule has 1 aliphatic carbocycles. The third kappa shape index (κ3) is 7.77. The van der Waals surface area contributed by atoms with Gasteiger partial charge >= 0.3 is 6.09 Å². The lowest BCUT2D eigenvalue weighted by atomic mass is 9.89. The predicted molar refractivity (Wildman–Crippen MR) is 160 cm³/mol. The Bertz CT molecular complexity index is 1360. The number of nitrogens with zero attached hydrogens (tertiary/aromatic N) is 2. The van der Waals surface area contributed by atoms with Crippen LogP contribution in [0.5, 0.6) is 0 Å². The first-order chi connectivity index (χ1) is 20.3.